The van der Waals surface area contributed by atoms with Gasteiger partial charge >= 0.3 is 0 Å². The van der Waals surface area contributed by atoms with Crippen LogP contribution in [0, 0.1) is 0 Å². The minimum absolute atomic E-state index is 0.208. The number of amides is 1. The normalized spacial score (nSPS) is 17.9. The summed E-state index contributed by atoms with van der Waals surface area (Å²) in [5.74, 6) is 1.41. The first-order valence-corrected chi connectivity index (χ1v) is 9.41. The van der Waals surface area contributed by atoms with Crippen molar-refractivity contribution in [2.24, 2.45) is 7.05 Å². The average Bonchev–Trinajstić information content (AvgIpc) is 3.01. The SMILES string of the molecule is CC[C@H]1CCCCN1C(=O)CSc1nnc(-c2ccncc2)n1C. The summed E-state index contributed by atoms with van der Waals surface area (Å²) < 4.78 is 1.93. The van der Waals surface area contributed by atoms with Crippen LogP contribution in [0.15, 0.2) is 29.7 Å². The zero-order valence-corrected chi connectivity index (χ0v) is 15.0. The van der Waals surface area contributed by atoms with E-state index in [0.29, 0.717) is 11.8 Å². The van der Waals surface area contributed by atoms with Gasteiger partial charge in [-0.15, -0.1) is 10.2 Å². The van der Waals surface area contributed by atoms with Crippen LogP contribution in [-0.2, 0) is 11.8 Å². The molecule has 3 rings (SSSR count). The van der Waals surface area contributed by atoms with Crippen molar-refractivity contribution in [3.05, 3.63) is 24.5 Å². The van der Waals surface area contributed by atoms with E-state index in [0.717, 1.165) is 42.4 Å². The molecule has 0 unspecified atom stereocenters. The van der Waals surface area contributed by atoms with E-state index >= 15 is 0 Å². The van der Waals surface area contributed by atoms with Crippen molar-refractivity contribution in [2.75, 3.05) is 12.3 Å². The van der Waals surface area contributed by atoms with E-state index in [2.05, 4.69) is 27.0 Å². The average molecular weight is 345 g/mol. The lowest BCUT2D eigenvalue weighted by Crippen LogP contribution is -2.44. The number of aromatic nitrogens is 4. The highest BCUT2D eigenvalue weighted by atomic mass is 32.2. The number of carbonyl (C=O) groups excluding carboxylic acids is 1. The highest BCUT2D eigenvalue weighted by Gasteiger charge is 2.25. The number of carbonyl (C=O) groups is 1. The van der Waals surface area contributed by atoms with E-state index in [4.69, 9.17) is 0 Å². The summed E-state index contributed by atoms with van der Waals surface area (Å²) in [4.78, 5) is 18.6. The molecule has 1 amide bonds. The summed E-state index contributed by atoms with van der Waals surface area (Å²) in [6.45, 7) is 3.05. The Bertz CT molecular complexity index is 688. The van der Waals surface area contributed by atoms with Crippen molar-refractivity contribution in [2.45, 2.75) is 43.8 Å². The van der Waals surface area contributed by atoms with Crippen LogP contribution in [-0.4, -0.2) is 48.9 Å². The summed E-state index contributed by atoms with van der Waals surface area (Å²) in [5, 5.41) is 9.24. The van der Waals surface area contributed by atoms with Crippen molar-refractivity contribution in [1.82, 2.24) is 24.6 Å². The number of thioether (sulfide) groups is 1. The van der Waals surface area contributed by atoms with Crippen LogP contribution in [0.5, 0.6) is 0 Å². The first-order chi connectivity index (χ1) is 11.7. The third-order valence-corrected chi connectivity index (χ3v) is 5.52. The smallest absolute Gasteiger partial charge is 0.233 e. The van der Waals surface area contributed by atoms with Crippen molar-refractivity contribution >= 4 is 17.7 Å². The molecule has 2 aromatic heterocycles. The summed E-state index contributed by atoms with van der Waals surface area (Å²) in [6.07, 6.45) is 7.98. The standard InChI is InChI=1S/C17H23N5OS/c1-3-14-6-4-5-11-22(14)15(23)12-24-17-20-19-16(21(17)2)13-7-9-18-10-8-13/h7-10,14H,3-6,11-12H2,1-2H3/t14-/m0/s1. The van der Waals surface area contributed by atoms with Crippen LogP contribution in [0.1, 0.15) is 32.6 Å². The van der Waals surface area contributed by atoms with Crippen molar-refractivity contribution in [3.8, 4) is 11.4 Å². The minimum Gasteiger partial charge on any atom is -0.339 e. The molecule has 0 bridgehead atoms. The van der Waals surface area contributed by atoms with Crippen LogP contribution in [0.3, 0.4) is 0 Å². The number of rotatable bonds is 5. The van der Waals surface area contributed by atoms with E-state index in [1.165, 1.54) is 18.2 Å². The number of pyridine rings is 1. The summed E-state index contributed by atoms with van der Waals surface area (Å²) in [7, 11) is 1.93. The molecule has 6 nitrogen and oxygen atoms in total. The molecule has 1 saturated heterocycles. The molecule has 0 N–H and O–H groups in total. The van der Waals surface area contributed by atoms with Gasteiger partial charge in [-0.3, -0.25) is 9.78 Å². The predicted molar refractivity (Wildman–Crippen MR) is 94.6 cm³/mol. The molecule has 24 heavy (non-hydrogen) atoms. The zero-order chi connectivity index (χ0) is 16.9. The first-order valence-electron chi connectivity index (χ1n) is 8.42. The van der Waals surface area contributed by atoms with Gasteiger partial charge in [0.25, 0.3) is 0 Å². The third kappa shape index (κ3) is 3.61. The van der Waals surface area contributed by atoms with Gasteiger partial charge in [0.2, 0.25) is 5.91 Å². The molecule has 1 atom stereocenters. The molecule has 0 saturated carbocycles. The molecular weight excluding hydrogens is 322 g/mol. The Morgan fingerprint density at radius 3 is 2.83 bits per heavy atom. The fourth-order valence-electron chi connectivity index (χ4n) is 3.16. The Hall–Kier alpha value is -1.89. The zero-order valence-electron chi connectivity index (χ0n) is 14.2. The Morgan fingerprint density at radius 2 is 2.08 bits per heavy atom. The first kappa shape index (κ1) is 17.0. The van der Waals surface area contributed by atoms with Crippen LogP contribution in [0.25, 0.3) is 11.4 Å². The molecule has 7 heteroatoms. The van der Waals surface area contributed by atoms with Crippen molar-refractivity contribution in [1.29, 1.82) is 0 Å². The van der Waals surface area contributed by atoms with E-state index in [9.17, 15) is 4.79 Å². The van der Waals surface area contributed by atoms with Crippen molar-refractivity contribution < 1.29 is 4.79 Å². The van der Waals surface area contributed by atoms with Gasteiger partial charge in [0.05, 0.1) is 5.75 Å². The summed E-state index contributed by atoms with van der Waals surface area (Å²) >= 11 is 1.46. The van der Waals surface area contributed by atoms with E-state index in [1.54, 1.807) is 12.4 Å². The van der Waals surface area contributed by atoms with Gasteiger partial charge in [0.15, 0.2) is 11.0 Å². The van der Waals surface area contributed by atoms with Crippen molar-refractivity contribution in [3.63, 3.8) is 0 Å². The molecule has 1 fully saturated rings. The topological polar surface area (TPSA) is 63.9 Å². The Labute approximate surface area is 146 Å². The van der Waals surface area contributed by atoms with E-state index < -0.39 is 0 Å². The second kappa shape index (κ2) is 7.79. The molecule has 0 radical (unpaired) electrons. The molecule has 1 aliphatic heterocycles. The predicted octanol–water partition coefficient (Wildman–Crippen LogP) is 2.76. The van der Waals surface area contributed by atoms with Gasteiger partial charge in [0.1, 0.15) is 0 Å². The van der Waals surface area contributed by atoms with Gasteiger partial charge in [-0.05, 0) is 37.8 Å². The van der Waals surface area contributed by atoms with Gasteiger partial charge in [-0.2, -0.15) is 0 Å². The maximum Gasteiger partial charge on any atom is 0.233 e. The molecule has 1 aliphatic rings. The second-order valence-electron chi connectivity index (χ2n) is 6.03. The maximum absolute atomic E-state index is 12.6. The quantitative estimate of drug-likeness (QED) is 0.780. The second-order valence-corrected chi connectivity index (χ2v) is 6.98. The minimum atomic E-state index is 0.208. The maximum atomic E-state index is 12.6. The van der Waals surface area contributed by atoms with Crippen LogP contribution >= 0.6 is 11.8 Å². The fourth-order valence-corrected chi connectivity index (χ4v) is 3.95. The molecule has 3 heterocycles. The number of hydrogen-bond acceptors (Lipinski definition) is 5. The lowest BCUT2D eigenvalue weighted by molar-refractivity contribution is -0.132. The largest absolute Gasteiger partial charge is 0.339 e. The lowest BCUT2D eigenvalue weighted by atomic mass is 10.0. The molecule has 2 aromatic rings. The fraction of sp³-hybridized carbons (Fsp3) is 0.529. The lowest BCUT2D eigenvalue weighted by Gasteiger charge is -2.35. The van der Waals surface area contributed by atoms with Crippen LogP contribution in [0.2, 0.25) is 0 Å². The number of nitrogens with zero attached hydrogens (tertiary/aromatic N) is 5. The number of piperidine rings is 1. The molecule has 0 spiro atoms. The van der Waals surface area contributed by atoms with Gasteiger partial charge < -0.3 is 9.47 Å². The van der Waals surface area contributed by atoms with Gasteiger partial charge in [-0.25, -0.2) is 0 Å². The number of hydrogen-bond donors (Lipinski definition) is 0. The highest BCUT2D eigenvalue weighted by molar-refractivity contribution is 7.99. The highest BCUT2D eigenvalue weighted by Crippen LogP contribution is 2.24. The summed E-state index contributed by atoms with van der Waals surface area (Å²) in [6, 6.07) is 4.21. The van der Waals surface area contributed by atoms with E-state index in [1.807, 2.05) is 23.7 Å². The molecule has 128 valence electrons. The van der Waals surface area contributed by atoms with Gasteiger partial charge in [-0.1, -0.05) is 18.7 Å². The Kier molecular flexibility index (Phi) is 5.50. The van der Waals surface area contributed by atoms with Crippen LogP contribution in [0.4, 0.5) is 0 Å². The van der Waals surface area contributed by atoms with Gasteiger partial charge in [0, 0.05) is 37.6 Å². The van der Waals surface area contributed by atoms with Crippen LogP contribution < -0.4 is 0 Å². The summed E-state index contributed by atoms with van der Waals surface area (Å²) in [5.41, 5.74) is 0.972. The molecule has 0 aromatic carbocycles. The monoisotopic (exact) mass is 345 g/mol. The van der Waals surface area contributed by atoms with E-state index in [-0.39, 0.29) is 5.91 Å². The third-order valence-electron chi connectivity index (χ3n) is 4.52. The Morgan fingerprint density at radius 1 is 1.29 bits per heavy atom. The molecule has 0 aliphatic carbocycles. The Balaban J connectivity index is 1.65. The number of likely N-dealkylation sites (tertiary alicyclic amines) is 1. The molecular formula is C17H23N5OS.